The maximum Gasteiger partial charge on any atom is 0.257 e. The molecule has 0 unspecified atom stereocenters. The summed E-state index contributed by atoms with van der Waals surface area (Å²) in [5.41, 5.74) is 1.17. The Morgan fingerprint density at radius 2 is 1.76 bits per heavy atom. The summed E-state index contributed by atoms with van der Waals surface area (Å²) in [4.78, 5) is 12.2. The number of phenols is 1. The largest absolute Gasteiger partial charge is 0.508 e. The highest BCUT2D eigenvalue weighted by atomic mass is 32.1. The highest BCUT2D eigenvalue weighted by Gasteiger charge is 2.08. The maximum atomic E-state index is 12.2. The van der Waals surface area contributed by atoms with Crippen LogP contribution in [0, 0.1) is 5.92 Å². The number of aromatic hydroxyl groups is 1. The summed E-state index contributed by atoms with van der Waals surface area (Å²) in [5, 5.41) is 14.9. The van der Waals surface area contributed by atoms with Crippen LogP contribution >= 0.6 is 12.2 Å². The number of carbonyl (C=O) groups is 1. The maximum absolute atomic E-state index is 12.2. The van der Waals surface area contributed by atoms with Crippen molar-refractivity contribution in [1.29, 1.82) is 0 Å². The highest BCUT2D eigenvalue weighted by molar-refractivity contribution is 7.80. The second-order valence-corrected chi connectivity index (χ2v) is 6.42. The molecule has 0 saturated heterocycles. The summed E-state index contributed by atoms with van der Waals surface area (Å²) in [5.74, 6) is 1.19. The average Bonchev–Trinajstić information content (AvgIpc) is 2.57. The predicted molar refractivity (Wildman–Crippen MR) is 103 cm³/mol. The first-order valence-electron chi connectivity index (χ1n) is 8.08. The van der Waals surface area contributed by atoms with Crippen molar-refractivity contribution in [2.24, 2.45) is 5.92 Å². The van der Waals surface area contributed by atoms with E-state index in [9.17, 15) is 9.90 Å². The molecule has 2 rings (SSSR count). The van der Waals surface area contributed by atoms with Gasteiger partial charge in [-0.25, -0.2) is 0 Å². The molecule has 2 aromatic carbocycles. The molecule has 0 aromatic heterocycles. The van der Waals surface area contributed by atoms with E-state index >= 15 is 0 Å². The van der Waals surface area contributed by atoms with Crippen LogP contribution in [-0.4, -0.2) is 22.7 Å². The average molecular weight is 358 g/mol. The molecule has 0 aliphatic heterocycles. The molecule has 0 aliphatic carbocycles. The molecular formula is C19H22N2O3S. The quantitative estimate of drug-likeness (QED) is 0.539. The van der Waals surface area contributed by atoms with E-state index in [1.54, 1.807) is 36.4 Å². The Morgan fingerprint density at radius 1 is 1.12 bits per heavy atom. The Balaban J connectivity index is 1.85. The van der Waals surface area contributed by atoms with Crippen molar-refractivity contribution >= 4 is 28.9 Å². The molecule has 0 aliphatic rings. The third kappa shape index (κ3) is 6.43. The van der Waals surface area contributed by atoms with Crippen LogP contribution in [0.3, 0.4) is 0 Å². The van der Waals surface area contributed by atoms with E-state index < -0.39 is 0 Å². The van der Waals surface area contributed by atoms with Gasteiger partial charge in [0.1, 0.15) is 11.5 Å². The number of anilines is 1. The third-order valence-corrected chi connectivity index (χ3v) is 3.64. The molecule has 5 nitrogen and oxygen atoms in total. The lowest BCUT2D eigenvalue weighted by atomic mass is 10.1. The smallest absolute Gasteiger partial charge is 0.257 e. The fraction of sp³-hybridized carbons (Fsp3) is 0.263. The molecule has 25 heavy (non-hydrogen) atoms. The van der Waals surface area contributed by atoms with Crippen LogP contribution in [0.15, 0.2) is 48.5 Å². The second-order valence-electron chi connectivity index (χ2n) is 6.01. The van der Waals surface area contributed by atoms with Gasteiger partial charge in [-0.3, -0.25) is 10.1 Å². The molecule has 0 radical (unpaired) electrons. The van der Waals surface area contributed by atoms with Gasteiger partial charge in [0.15, 0.2) is 5.11 Å². The van der Waals surface area contributed by atoms with E-state index in [4.69, 9.17) is 17.0 Å². The molecule has 1 amide bonds. The minimum atomic E-state index is -0.301. The topological polar surface area (TPSA) is 70.6 Å². The number of benzene rings is 2. The van der Waals surface area contributed by atoms with Crippen molar-refractivity contribution in [2.75, 3.05) is 11.9 Å². The first kappa shape index (κ1) is 18.7. The van der Waals surface area contributed by atoms with Gasteiger partial charge in [0.25, 0.3) is 5.91 Å². The summed E-state index contributed by atoms with van der Waals surface area (Å²) < 4.78 is 5.63. The van der Waals surface area contributed by atoms with E-state index in [-0.39, 0.29) is 16.8 Å². The zero-order valence-corrected chi connectivity index (χ0v) is 15.1. The first-order chi connectivity index (χ1) is 11.9. The number of phenolic OH excluding ortho intramolecular Hbond substituents is 1. The number of hydrogen-bond acceptors (Lipinski definition) is 4. The number of thiocarbonyl (C=S) groups is 1. The molecule has 0 fully saturated rings. The number of nitrogens with one attached hydrogen (secondary N) is 2. The number of amides is 1. The Kier molecular flexibility index (Phi) is 6.77. The van der Waals surface area contributed by atoms with Crippen LogP contribution in [-0.2, 0) is 0 Å². The van der Waals surface area contributed by atoms with E-state index in [0.29, 0.717) is 23.8 Å². The normalized spacial score (nSPS) is 10.4. The van der Waals surface area contributed by atoms with Gasteiger partial charge in [0.05, 0.1) is 6.61 Å². The van der Waals surface area contributed by atoms with Crippen molar-refractivity contribution in [3.8, 4) is 11.5 Å². The standard InChI is InChI=1S/C19H22N2O3S/c1-13(2)11-12-24-17-9-3-14(4-10-17)18(23)21-19(25)20-15-5-7-16(22)8-6-15/h3-10,13,22H,11-12H2,1-2H3,(H2,20,21,23,25). The molecule has 6 heteroatoms. The van der Waals surface area contributed by atoms with Crippen LogP contribution in [0.5, 0.6) is 11.5 Å². The molecule has 0 heterocycles. The summed E-state index contributed by atoms with van der Waals surface area (Å²) in [6.07, 6.45) is 0.986. The van der Waals surface area contributed by atoms with Crippen molar-refractivity contribution in [3.63, 3.8) is 0 Å². The summed E-state index contributed by atoms with van der Waals surface area (Å²) in [7, 11) is 0. The molecule has 0 atom stereocenters. The minimum Gasteiger partial charge on any atom is -0.508 e. The lowest BCUT2D eigenvalue weighted by molar-refractivity contribution is 0.0977. The third-order valence-electron chi connectivity index (χ3n) is 3.43. The highest BCUT2D eigenvalue weighted by Crippen LogP contribution is 2.15. The number of rotatable bonds is 6. The SMILES string of the molecule is CC(C)CCOc1ccc(C(=O)NC(=S)Nc2ccc(O)cc2)cc1. The second kappa shape index (κ2) is 9.03. The molecule has 3 N–H and O–H groups in total. The van der Waals surface area contributed by atoms with E-state index in [0.717, 1.165) is 12.2 Å². The van der Waals surface area contributed by atoms with Crippen LogP contribution in [0.2, 0.25) is 0 Å². The van der Waals surface area contributed by atoms with Gasteiger partial charge in [-0.2, -0.15) is 0 Å². The summed E-state index contributed by atoms with van der Waals surface area (Å²) in [6, 6.07) is 13.3. The van der Waals surface area contributed by atoms with Gasteiger partial charge in [-0.1, -0.05) is 13.8 Å². The molecule has 0 spiro atoms. The lowest BCUT2D eigenvalue weighted by Crippen LogP contribution is -2.34. The van der Waals surface area contributed by atoms with E-state index in [1.165, 1.54) is 12.1 Å². The van der Waals surface area contributed by atoms with Crippen LogP contribution in [0.4, 0.5) is 5.69 Å². The van der Waals surface area contributed by atoms with Crippen molar-refractivity contribution < 1.29 is 14.6 Å². The molecule has 0 saturated carbocycles. The van der Waals surface area contributed by atoms with Crippen LogP contribution in [0.25, 0.3) is 0 Å². The van der Waals surface area contributed by atoms with Gasteiger partial charge in [-0.15, -0.1) is 0 Å². The predicted octanol–water partition coefficient (Wildman–Crippen LogP) is 3.94. The van der Waals surface area contributed by atoms with E-state index in [1.807, 2.05) is 0 Å². The summed E-state index contributed by atoms with van der Waals surface area (Å²) >= 11 is 5.12. The number of hydrogen-bond donors (Lipinski definition) is 3. The molecule has 2 aromatic rings. The minimum absolute atomic E-state index is 0.163. The van der Waals surface area contributed by atoms with Gasteiger partial charge >= 0.3 is 0 Å². The van der Waals surface area contributed by atoms with Gasteiger partial charge in [-0.05, 0) is 73.1 Å². The molecule has 132 valence electrons. The fourth-order valence-electron chi connectivity index (χ4n) is 2.00. The number of carbonyl (C=O) groups excluding carboxylic acids is 1. The Labute approximate surface area is 153 Å². The lowest BCUT2D eigenvalue weighted by Gasteiger charge is -2.11. The zero-order valence-electron chi connectivity index (χ0n) is 14.3. The number of ether oxygens (including phenoxy) is 1. The van der Waals surface area contributed by atoms with E-state index in [2.05, 4.69) is 24.5 Å². The van der Waals surface area contributed by atoms with Crippen LogP contribution < -0.4 is 15.4 Å². The Hall–Kier alpha value is -2.60. The van der Waals surface area contributed by atoms with Gasteiger partial charge in [0, 0.05) is 11.3 Å². The van der Waals surface area contributed by atoms with Gasteiger partial charge < -0.3 is 15.2 Å². The first-order valence-corrected chi connectivity index (χ1v) is 8.49. The van der Waals surface area contributed by atoms with Gasteiger partial charge in [0.2, 0.25) is 0 Å². The fourth-order valence-corrected chi connectivity index (χ4v) is 2.21. The molecule has 0 bridgehead atoms. The Morgan fingerprint density at radius 3 is 2.36 bits per heavy atom. The zero-order chi connectivity index (χ0) is 18.2. The monoisotopic (exact) mass is 358 g/mol. The molecular weight excluding hydrogens is 336 g/mol. The van der Waals surface area contributed by atoms with Crippen molar-refractivity contribution in [3.05, 3.63) is 54.1 Å². The van der Waals surface area contributed by atoms with Crippen molar-refractivity contribution in [2.45, 2.75) is 20.3 Å². The Bertz CT molecular complexity index is 712. The summed E-state index contributed by atoms with van der Waals surface area (Å²) in [6.45, 7) is 4.95. The van der Waals surface area contributed by atoms with Crippen LogP contribution in [0.1, 0.15) is 30.6 Å². The van der Waals surface area contributed by atoms with Crippen molar-refractivity contribution in [1.82, 2.24) is 5.32 Å².